The lowest BCUT2D eigenvalue weighted by molar-refractivity contribution is -0.137. The van der Waals surface area contributed by atoms with Crippen LogP contribution in [0.2, 0.25) is 0 Å². The van der Waals surface area contributed by atoms with Gasteiger partial charge < -0.3 is 5.11 Å². The molecule has 1 saturated carbocycles. The summed E-state index contributed by atoms with van der Waals surface area (Å²) >= 11 is 0. The molecule has 3 heteroatoms. The molecule has 2 rings (SSSR count). The summed E-state index contributed by atoms with van der Waals surface area (Å²) in [5.74, 6) is -0.675. The molecule has 0 aromatic rings. The SMILES string of the molecule is CC1(C)C[C@@H]2C[C@](C)(CN2CCC(=O)O)C1. The summed E-state index contributed by atoms with van der Waals surface area (Å²) in [4.78, 5) is 13.0. The van der Waals surface area contributed by atoms with Gasteiger partial charge in [0.05, 0.1) is 6.42 Å². The van der Waals surface area contributed by atoms with Gasteiger partial charge in [-0.2, -0.15) is 0 Å². The number of hydrogen-bond acceptors (Lipinski definition) is 2. The lowest BCUT2D eigenvalue weighted by Crippen LogP contribution is -2.35. The molecule has 1 N–H and O–H groups in total. The second-order valence-electron chi connectivity index (χ2n) is 6.83. The third-order valence-corrected chi connectivity index (χ3v) is 4.14. The number of rotatable bonds is 3. The zero-order valence-electron chi connectivity index (χ0n) is 10.6. The Morgan fingerprint density at radius 2 is 2.06 bits per heavy atom. The Morgan fingerprint density at radius 1 is 1.38 bits per heavy atom. The van der Waals surface area contributed by atoms with Crippen molar-refractivity contribution in [1.29, 1.82) is 0 Å². The van der Waals surface area contributed by atoms with Gasteiger partial charge in [0.25, 0.3) is 0 Å². The largest absolute Gasteiger partial charge is 0.481 e. The van der Waals surface area contributed by atoms with Gasteiger partial charge in [0.1, 0.15) is 0 Å². The highest BCUT2D eigenvalue weighted by molar-refractivity contribution is 5.66. The van der Waals surface area contributed by atoms with Crippen LogP contribution in [0.25, 0.3) is 0 Å². The Labute approximate surface area is 97.8 Å². The lowest BCUT2D eigenvalue weighted by atomic mass is 9.65. The van der Waals surface area contributed by atoms with Crippen LogP contribution >= 0.6 is 0 Å². The van der Waals surface area contributed by atoms with E-state index >= 15 is 0 Å². The van der Waals surface area contributed by atoms with Crippen LogP contribution in [0.3, 0.4) is 0 Å². The van der Waals surface area contributed by atoms with Gasteiger partial charge in [0, 0.05) is 19.1 Å². The van der Waals surface area contributed by atoms with Gasteiger partial charge >= 0.3 is 5.97 Å². The normalized spacial score (nSPS) is 37.6. The summed E-state index contributed by atoms with van der Waals surface area (Å²) in [5, 5.41) is 8.75. The molecule has 1 aliphatic carbocycles. The van der Waals surface area contributed by atoms with Crippen molar-refractivity contribution in [2.24, 2.45) is 10.8 Å². The minimum Gasteiger partial charge on any atom is -0.481 e. The first-order valence-electron chi connectivity index (χ1n) is 6.26. The van der Waals surface area contributed by atoms with Gasteiger partial charge in [-0.3, -0.25) is 9.69 Å². The van der Waals surface area contributed by atoms with E-state index in [0.717, 1.165) is 13.1 Å². The van der Waals surface area contributed by atoms with E-state index in [9.17, 15) is 4.79 Å². The maximum absolute atomic E-state index is 10.6. The molecule has 1 heterocycles. The number of fused-ring (bicyclic) bond motifs is 2. The zero-order valence-corrected chi connectivity index (χ0v) is 10.6. The highest BCUT2D eigenvalue weighted by Gasteiger charge is 2.49. The molecule has 1 aliphatic heterocycles. The predicted octanol–water partition coefficient (Wildman–Crippen LogP) is 2.36. The lowest BCUT2D eigenvalue weighted by Gasteiger charge is -2.39. The van der Waals surface area contributed by atoms with Crippen LogP contribution in [-0.4, -0.2) is 35.1 Å². The van der Waals surface area contributed by atoms with Crippen LogP contribution in [0.1, 0.15) is 46.5 Å². The molecule has 0 unspecified atom stereocenters. The minimum atomic E-state index is -0.675. The maximum atomic E-state index is 10.6. The molecule has 2 atom stereocenters. The Hall–Kier alpha value is -0.570. The van der Waals surface area contributed by atoms with Gasteiger partial charge in [-0.25, -0.2) is 0 Å². The van der Waals surface area contributed by atoms with Crippen LogP contribution in [0.4, 0.5) is 0 Å². The smallest absolute Gasteiger partial charge is 0.304 e. The van der Waals surface area contributed by atoms with Crippen molar-refractivity contribution in [2.75, 3.05) is 13.1 Å². The first-order valence-corrected chi connectivity index (χ1v) is 6.26. The Kier molecular flexibility index (Phi) is 2.77. The number of nitrogens with zero attached hydrogens (tertiary/aromatic N) is 1. The van der Waals surface area contributed by atoms with Gasteiger partial charge in [-0.1, -0.05) is 20.8 Å². The average molecular weight is 225 g/mol. The second kappa shape index (κ2) is 3.73. The molecular weight excluding hydrogens is 202 g/mol. The molecule has 0 aromatic carbocycles. The van der Waals surface area contributed by atoms with Crippen molar-refractivity contribution >= 4 is 5.97 Å². The third kappa shape index (κ3) is 2.40. The van der Waals surface area contributed by atoms with Crippen LogP contribution in [0, 0.1) is 10.8 Å². The number of hydrogen-bond donors (Lipinski definition) is 1. The highest BCUT2D eigenvalue weighted by atomic mass is 16.4. The fourth-order valence-corrected chi connectivity index (χ4v) is 4.08. The number of carbonyl (C=O) groups is 1. The van der Waals surface area contributed by atoms with Crippen LogP contribution < -0.4 is 0 Å². The van der Waals surface area contributed by atoms with E-state index in [1.165, 1.54) is 19.3 Å². The Balaban J connectivity index is 2.02. The van der Waals surface area contributed by atoms with E-state index < -0.39 is 5.97 Å². The van der Waals surface area contributed by atoms with Crippen molar-refractivity contribution in [1.82, 2.24) is 4.90 Å². The van der Waals surface area contributed by atoms with E-state index in [-0.39, 0.29) is 6.42 Å². The van der Waals surface area contributed by atoms with Crippen molar-refractivity contribution in [3.8, 4) is 0 Å². The molecule has 2 fully saturated rings. The summed E-state index contributed by atoms with van der Waals surface area (Å²) in [7, 11) is 0. The number of carboxylic acids is 1. The summed E-state index contributed by atoms with van der Waals surface area (Å²) < 4.78 is 0. The molecule has 2 aliphatic rings. The number of carboxylic acid groups (broad SMARTS) is 1. The molecule has 1 saturated heterocycles. The zero-order chi connectivity index (χ0) is 12.0. The van der Waals surface area contributed by atoms with Crippen LogP contribution in [-0.2, 0) is 4.79 Å². The van der Waals surface area contributed by atoms with Crippen molar-refractivity contribution in [3.05, 3.63) is 0 Å². The van der Waals surface area contributed by atoms with Gasteiger partial charge in [-0.05, 0) is 30.1 Å². The minimum absolute atomic E-state index is 0.285. The molecule has 0 spiro atoms. The summed E-state index contributed by atoms with van der Waals surface area (Å²) in [6.07, 6.45) is 4.05. The highest BCUT2D eigenvalue weighted by Crippen LogP contribution is 2.52. The molecule has 0 aromatic heterocycles. The first kappa shape index (κ1) is 11.9. The molecule has 92 valence electrons. The summed E-state index contributed by atoms with van der Waals surface area (Å²) in [6, 6.07) is 0.619. The topological polar surface area (TPSA) is 40.5 Å². The molecule has 0 amide bonds. The number of likely N-dealkylation sites (tertiary alicyclic amines) is 1. The summed E-state index contributed by atoms with van der Waals surface area (Å²) in [5.41, 5.74) is 0.848. The van der Waals surface area contributed by atoms with Crippen LogP contribution in [0.15, 0.2) is 0 Å². The Bertz CT molecular complexity index is 300. The van der Waals surface area contributed by atoms with Gasteiger partial charge in [0.15, 0.2) is 0 Å². The van der Waals surface area contributed by atoms with E-state index in [1.807, 2.05) is 0 Å². The fraction of sp³-hybridized carbons (Fsp3) is 0.923. The fourth-order valence-electron chi connectivity index (χ4n) is 4.08. The van der Waals surface area contributed by atoms with E-state index in [0.29, 0.717) is 16.9 Å². The molecular formula is C13H23NO2. The molecule has 0 radical (unpaired) electrons. The molecule has 3 nitrogen and oxygen atoms in total. The van der Waals surface area contributed by atoms with Crippen LogP contribution in [0.5, 0.6) is 0 Å². The maximum Gasteiger partial charge on any atom is 0.304 e. The van der Waals surface area contributed by atoms with Crippen molar-refractivity contribution < 1.29 is 9.90 Å². The van der Waals surface area contributed by atoms with E-state index in [4.69, 9.17) is 5.11 Å². The third-order valence-electron chi connectivity index (χ3n) is 4.14. The van der Waals surface area contributed by atoms with Gasteiger partial charge in [-0.15, -0.1) is 0 Å². The van der Waals surface area contributed by atoms with Gasteiger partial charge in [0.2, 0.25) is 0 Å². The average Bonchev–Trinajstić information content (AvgIpc) is 2.31. The van der Waals surface area contributed by atoms with E-state index in [2.05, 4.69) is 25.7 Å². The predicted molar refractivity (Wildman–Crippen MR) is 63.4 cm³/mol. The van der Waals surface area contributed by atoms with Crippen molar-refractivity contribution in [2.45, 2.75) is 52.5 Å². The number of aliphatic carboxylic acids is 1. The van der Waals surface area contributed by atoms with E-state index in [1.54, 1.807) is 0 Å². The quantitative estimate of drug-likeness (QED) is 0.801. The first-order chi connectivity index (χ1) is 7.30. The second-order valence-corrected chi connectivity index (χ2v) is 6.83. The standard InChI is InChI=1S/C13H23NO2/c1-12(2)6-10-7-13(3,8-12)9-14(10)5-4-11(15)16/h10H,4-9H2,1-3H3,(H,15,16)/t10-,13+/m1/s1. The molecule has 16 heavy (non-hydrogen) atoms. The Morgan fingerprint density at radius 3 is 2.69 bits per heavy atom. The molecule has 2 bridgehead atoms. The summed E-state index contributed by atoms with van der Waals surface area (Å²) in [6.45, 7) is 8.87. The monoisotopic (exact) mass is 225 g/mol. The van der Waals surface area contributed by atoms with Crippen molar-refractivity contribution in [3.63, 3.8) is 0 Å².